The highest BCUT2D eigenvalue weighted by atomic mass is 32.1. The molecule has 24 heavy (non-hydrogen) atoms. The molecule has 1 fully saturated rings. The predicted molar refractivity (Wildman–Crippen MR) is 98.8 cm³/mol. The lowest BCUT2D eigenvalue weighted by Gasteiger charge is -2.38. The van der Waals surface area contributed by atoms with Gasteiger partial charge in [-0.15, -0.1) is 11.3 Å². The van der Waals surface area contributed by atoms with Crippen LogP contribution in [-0.2, 0) is 10.2 Å². The summed E-state index contributed by atoms with van der Waals surface area (Å²) in [5.41, 5.74) is 1.48. The van der Waals surface area contributed by atoms with Crippen molar-refractivity contribution < 1.29 is 4.74 Å². The molecule has 0 spiro atoms. The van der Waals surface area contributed by atoms with E-state index in [4.69, 9.17) is 4.74 Å². The fourth-order valence-corrected chi connectivity index (χ4v) is 4.34. The molecule has 0 radical (unpaired) electrons. The molecule has 0 atom stereocenters. The van der Waals surface area contributed by atoms with E-state index in [1.165, 1.54) is 10.4 Å². The van der Waals surface area contributed by atoms with Gasteiger partial charge >= 0.3 is 0 Å². The minimum Gasteiger partial charge on any atom is -0.381 e. The van der Waals surface area contributed by atoms with Crippen LogP contribution in [0, 0.1) is 6.92 Å². The maximum Gasteiger partial charge on any atom is 0.138 e. The number of aryl methyl sites for hydroxylation is 1. The van der Waals surface area contributed by atoms with Crippen molar-refractivity contribution in [1.29, 1.82) is 0 Å². The predicted octanol–water partition coefficient (Wildman–Crippen LogP) is 4.16. The number of nitrogens with one attached hydrogen (secondary N) is 1. The van der Waals surface area contributed by atoms with Crippen molar-refractivity contribution in [2.24, 2.45) is 0 Å². The Hall–Kier alpha value is -1.98. The number of thiophene rings is 1. The van der Waals surface area contributed by atoms with Gasteiger partial charge in [0, 0.05) is 30.1 Å². The Morgan fingerprint density at radius 1 is 1.17 bits per heavy atom. The molecule has 3 aromatic rings. The normalized spacial score (nSPS) is 17.0. The first-order valence-corrected chi connectivity index (χ1v) is 9.17. The Labute approximate surface area is 145 Å². The van der Waals surface area contributed by atoms with Crippen molar-refractivity contribution in [2.45, 2.75) is 25.2 Å². The first-order valence-electron chi connectivity index (χ1n) is 8.35. The van der Waals surface area contributed by atoms with Crippen molar-refractivity contribution in [1.82, 2.24) is 9.97 Å². The van der Waals surface area contributed by atoms with E-state index in [1.807, 2.05) is 0 Å². The van der Waals surface area contributed by atoms with E-state index in [0.29, 0.717) is 0 Å². The molecule has 124 valence electrons. The van der Waals surface area contributed by atoms with Crippen LogP contribution < -0.4 is 5.32 Å². The smallest absolute Gasteiger partial charge is 0.138 e. The third-order valence-electron chi connectivity index (χ3n) is 4.88. The summed E-state index contributed by atoms with van der Waals surface area (Å²) < 4.78 is 5.62. The third-order valence-corrected chi connectivity index (χ3v) is 5.84. The lowest BCUT2D eigenvalue weighted by molar-refractivity contribution is 0.0544. The van der Waals surface area contributed by atoms with E-state index in [2.05, 4.69) is 58.6 Å². The highest BCUT2D eigenvalue weighted by Gasteiger charge is 2.34. The standard InChI is InChI=1S/C19H21N3OS/c1-14-11-16-17(21-13-22-18(16)24-14)20-12-19(7-9-23-10-8-19)15-5-3-2-4-6-15/h2-6,11,13H,7-10,12H2,1H3,(H,20,21,22). The summed E-state index contributed by atoms with van der Waals surface area (Å²) >= 11 is 1.71. The summed E-state index contributed by atoms with van der Waals surface area (Å²) in [5, 5.41) is 4.73. The molecule has 0 saturated carbocycles. The number of anilines is 1. The minimum absolute atomic E-state index is 0.0991. The molecule has 1 N–H and O–H groups in total. The summed E-state index contributed by atoms with van der Waals surface area (Å²) in [6, 6.07) is 13.0. The van der Waals surface area contributed by atoms with Crippen LogP contribution in [0.3, 0.4) is 0 Å². The van der Waals surface area contributed by atoms with E-state index >= 15 is 0 Å². The Morgan fingerprint density at radius 3 is 2.75 bits per heavy atom. The Kier molecular flexibility index (Phi) is 4.21. The summed E-state index contributed by atoms with van der Waals surface area (Å²) in [6.45, 7) is 4.60. The van der Waals surface area contributed by atoms with Gasteiger partial charge in [0.15, 0.2) is 0 Å². The van der Waals surface area contributed by atoms with E-state index < -0.39 is 0 Å². The lowest BCUT2D eigenvalue weighted by atomic mass is 9.74. The first-order chi connectivity index (χ1) is 11.8. The van der Waals surface area contributed by atoms with Crippen LogP contribution in [0.2, 0.25) is 0 Å². The van der Waals surface area contributed by atoms with Crippen LogP contribution in [0.25, 0.3) is 10.2 Å². The van der Waals surface area contributed by atoms with Gasteiger partial charge in [-0.25, -0.2) is 9.97 Å². The van der Waals surface area contributed by atoms with E-state index in [0.717, 1.165) is 48.6 Å². The van der Waals surface area contributed by atoms with Gasteiger partial charge < -0.3 is 10.1 Å². The molecule has 4 rings (SSSR count). The van der Waals surface area contributed by atoms with Crippen LogP contribution in [0.4, 0.5) is 5.82 Å². The number of ether oxygens (including phenoxy) is 1. The largest absolute Gasteiger partial charge is 0.381 e. The number of rotatable bonds is 4. The van der Waals surface area contributed by atoms with Gasteiger partial charge in [-0.2, -0.15) is 0 Å². The fourth-order valence-electron chi connectivity index (χ4n) is 3.49. The molecule has 1 saturated heterocycles. The second-order valence-electron chi connectivity index (χ2n) is 6.41. The summed E-state index contributed by atoms with van der Waals surface area (Å²) in [7, 11) is 0. The maximum atomic E-state index is 5.62. The lowest BCUT2D eigenvalue weighted by Crippen LogP contribution is -2.40. The summed E-state index contributed by atoms with van der Waals surface area (Å²) in [5.74, 6) is 0.936. The molecule has 0 unspecified atom stereocenters. The molecular weight excluding hydrogens is 318 g/mol. The van der Waals surface area contributed by atoms with Crippen molar-refractivity contribution in [3.8, 4) is 0 Å². The van der Waals surface area contributed by atoms with Crippen LogP contribution >= 0.6 is 11.3 Å². The molecular formula is C19H21N3OS. The molecule has 1 aliphatic heterocycles. The quantitative estimate of drug-likeness (QED) is 0.775. The Morgan fingerprint density at radius 2 is 1.96 bits per heavy atom. The van der Waals surface area contributed by atoms with Gasteiger partial charge in [-0.3, -0.25) is 0 Å². The van der Waals surface area contributed by atoms with Gasteiger partial charge in [-0.1, -0.05) is 30.3 Å². The fraction of sp³-hybridized carbons (Fsp3) is 0.368. The highest BCUT2D eigenvalue weighted by molar-refractivity contribution is 7.18. The number of benzene rings is 1. The molecule has 0 amide bonds. The Bertz CT molecular complexity index is 825. The second-order valence-corrected chi connectivity index (χ2v) is 7.65. The van der Waals surface area contributed by atoms with Crippen LogP contribution in [0.15, 0.2) is 42.7 Å². The van der Waals surface area contributed by atoms with Crippen molar-refractivity contribution in [3.63, 3.8) is 0 Å². The van der Waals surface area contributed by atoms with Gasteiger partial charge in [0.1, 0.15) is 17.0 Å². The monoisotopic (exact) mass is 339 g/mol. The average Bonchev–Trinajstić information content (AvgIpc) is 3.02. The zero-order chi connectivity index (χ0) is 16.4. The molecule has 1 aromatic carbocycles. The van der Waals surface area contributed by atoms with E-state index in [-0.39, 0.29) is 5.41 Å². The van der Waals surface area contributed by atoms with Crippen molar-refractivity contribution >= 4 is 27.4 Å². The number of aromatic nitrogens is 2. The van der Waals surface area contributed by atoms with Crippen molar-refractivity contribution in [3.05, 3.63) is 53.2 Å². The molecule has 4 nitrogen and oxygen atoms in total. The first kappa shape index (κ1) is 15.5. The van der Waals surface area contributed by atoms with Crippen LogP contribution in [-0.4, -0.2) is 29.7 Å². The molecule has 0 bridgehead atoms. The molecule has 5 heteroatoms. The Balaban J connectivity index is 1.63. The molecule has 2 aromatic heterocycles. The third kappa shape index (κ3) is 2.89. The number of hydrogen-bond donors (Lipinski definition) is 1. The zero-order valence-electron chi connectivity index (χ0n) is 13.8. The molecule has 0 aliphatic carbocycles. The highest BCUT2D eigenvalue weighted by Crippen LogP contribution is 2.36. The van der Waals surface area contributed by atoms with Crippen LogP contribution in [0.1, 0.15) is 23.3 Å². The summed E-state index contributed by atoms with van der Waals surface area (Å²) in [4.78, 5) is 11.2. The van der Waals surface area contributed by atoms with Gasteiger partial charge in [0.2, 0.25) is 0 Å². The molecule has 3 heterocycles. The van der Waals surface area contributed by atoms with Crippen molar-refractivity contribution in [2.75, 3.05) is 25.1 Å². The minimum atomic E-state index is 0.0991. The van der Waals surface area contributed by atoms with Gasteiger partial charge in [0.05, 0.1) is 5.39 Å². The van der Waals surface area contributed by atoms with Gasteiger partial charge in [-0.05, 0) is 31.4 Å². The second kappa shape index (κ2) is 6.49. The number of hydrogen-bond acceptors (Lipinski definition) is 5. The SMILES string of the molecule is Cc1cc2c(NCC3(c4ccccc4)CCOCC3)ncnc2s1. The topological polar surface area (TPSA) is 47.0 Å². The average molecular weight is 339 g/mol. The zero-order valence-corrected chi connectivity index (χ0v) is 14.6. The van der Waals surface area contributed by atoms with E-state index in [1.54, 1.807) is 17.7 Å². The maximum absolute atomic E-state index is 5.62. The van der Waals surface area contributed by atoms with E-state index in [9.17, 15) is 0 Å². The number of fused-ring (bicyclic) bond motifs is 1. The summed E-state index contributed by atoms with van der Waals surface area (Å²) in [6.07, 6.45) is 3.71. The van der Waals surface area contributed by atoms with Crippen LogP contribution in [0.5, 0.6) is 0 Å². The van der Waals surface area contributed by atoms with Gasteiger partial charge in [0.25, 0.3) is 0 Å². The number of nitrogens with zero attached hydrogens (tertiary/aromatic N) is 2. The molecule has 1 aliphatic rings.